The van der Waals surface area contributed by atoms with Crippen LogP contribution in [0.4, 0.5) is 5.69 Å². The van der Waals surface area contributed by atoms with Crippen molar-refractivity contribution in [1.29, 1.82) is 0 Å². The first-order chi connectivity index (χ1) is 9.00. The number of hydrogen-bond donors (Lipinski definition) is 1. The normalized spacial score (nSPS) is 10.3. The predicted molar refractivity (Wildman–Crippen MR) is 74.2 cm³/mol. The molecule has 1 aromatic heterocycles. The van der Waals surface area contributed by atoms with Crippen molar-refractivity contribution in [2.45, 2.75) is 0 Å². The maximum Gasteiger partial charge on any atom is 0.290 e. The first-order valence-corrected chi connectivity index (χ1v) is 5.91. The van der Waals surface area contributed by atoms with Crippen LogP contribution >= 0.6 is 0 Å². The molecule has 2 aromatic rings. The lowest BCUT2D eigenvalue weighted by atomic mass is 10.1. The molecule has 0 atom stereocenters. The highest BCUT2D eigenvalue weighted by Gasteiger charge is 2.16. The third-order valence-electron chi connectivity index (χ3n) is 2.72. The maximum absolute atomic E-state index is 11.8. The van der Waals surface area contributed by atoms with Crippen LogP contribution in [0.25, 0.3) is 11.4 Å². The SMILES string of the molecule is CN(C)C(=O)c1nc(-c2ccccc2N(C)C)n[nH]1. The summed E-state index contributed by atoms with van der Waals surface area (Å²) in [7, 11) is 7.27. The van der Waals surface area contributed by atoms with E-state index in [0.29, 0.717) is 5.82 Å². The second-order valence-electron chi connectivity index (χ2n) is 4.62. The number of aromatic amines is 1. The van der Waals surface area contributed by atoms with Gasteiger partial charge in [0.25, 0.3) is 5.91 Å². The Bertz CT molecular complexity index is 588. The summed E-state index contributed by atoms with van der Waals surface area (Å²) in [6, 6.07) is 7.80. The smallest absolute Gasteiger partial charge is 0.290 e. The van der Waals surface area contributed by atoms with Gasteiger partial charge in [-0.15, -0.1) is 0 Å². The highest BCUT2D eigenvalue weighted by atomic mass is 16.2. The van der Waals surface area contributed by atoms with E-state index in [1.807, 2.05) is 43.3 Å². The molecule has 0 spiro atoms. The number of H-pyrrole nitrogens is 1. The quantitative estimate of drug-likeness (QED) is 0.900. The van der Waals surface area contributed by atoms with E-state index in [2.05, 4.69) is 15.2 Å². The number of benzene rings is 1. The van der Waals surface area contributed by atoms with Crippen LogP contribution in [0.1, 0.15) is 10.6 Å². The molecule has 0 fully saturated rings. The average molecular weight is 259 g/mol. The summed E-state index contributed by atoms with van der Waals surface area (Å²) in [4.78, 5) is 19.5. The third kappa shape index (κ3) is 2.57. The van der Waals surface area contributed by atoms with Gasteiger partial charge >= 0.3 is 0 Å². The van der Waals surface area contributed by atoms with Crippen molar-refractivity contribution in [2.24, 2.45) is 0 Å². The second-order valence-corrected chi connectivity index (χ2v) is 4.62. The van der Waals surface area contributed by atoms with E-state index in [1.54, 1.807) is 14.1 Å². The van der Waals surface area contributed by atoms with Crippen molar-refractivity contribution in [2.75, 3.05) is 33.1 Å². The Kier molecular flexibility index (Phi) is 3.50. The number of rotatable bonds is 3. The first-order valence-electron chi connectivity index (χ1n) is 5.91. The minimum atomic E-state index is -0.193. The fraction of sp³-hybridized carbons (Fsp3) is 0.308. The zero-order valence-electron chi connectivity index (χ0n) is 11.5. The summed E-state index contributed by atoms with van der Waals surface area (Å²) < 4.78 is 0. The largest absolute Gasteiger partial charge is 0.377 e. The molecule has 0 aliphatic heterocycles. The number of nitrogens with one attached hydrogen (secondary N) is 1. The molecule has 1 N–H and O–H groups in total. The monoisotopic (exact) mass is 259 g/mol. The van der Waals surface area contributed by atoms with E-state index in [4.69, 9.17) is 0 Å². The minimum Gasteiger partial charge on any atom is -0.377 e. The van der Waals surface area contributed by atoms with Crippen LogP contribution in [-0.4, -0.2) is 54.2 Å². The Morgan fingerprint density at radius 1 is 1.16 bits per heavy atom. The van der Waals surface area contributed by atoms with Gasteiger partial charge in [-0.3, -0.25) is 9.89 Å². The Balaban J connectivity index is 2.41. The number of amides is 1. The molecule has 0 radical (unpaired) electrons. The van der Waals surface area contributed by atoms with Gasteiger partial charge in [-0.05, 0) is 12.1 Å². The van der Waals surface area contributed by atoms with Crippen LogP contribution in [-0.2, 0) is 0 Å². The number of anilines is 1. The first kappa shape index (κ1) is 13.1. The van der Waals surface area contributed by atoms with Gasteiger partial charge in [-0.1, -0.05) is 12.1 Å². The minimum absolute atomic E-state index is 0.193. The summed E-state index contributed by atoms with van der Waals surface area (Å²) in [5.41, 5.74) is 1.90. The Morgan fingerprint density at radius 2 is 1.84 bits per heavy atom. The Morgan fingerprint density at radius 3 is 2.47 bits per heavy atom. The zero-order valence-corrected chi connectivity index (χ0v) is 11.5. The van der Waals surface area contributed by atoms with Gasteiger partial charge in [0, 0.05) is 39.4 Å². The van der Waals surface area contributed by atoms with E-state index in [0.717, 1.165) is 11.3 Å². The van der Waals surface area contributed by atoms with Gasteiger partial charge in [-0.25, -0.2) is 4.98 Å². The van der Waals surface area contributed by atoms with Gasteiger partial charge < -0.3 is 9.80 Å². The van der Waals surface area contributed by atoms with Crippen LogP contribution < -0.4 is 4.90 Å². The number of carbonyl (C=O) groups excluding carboxylic acids is 1. The molecule has 2 rings (SSSR count). The van der Waals surface area contributed by atoms with E-state index in [1.165, 1.54) is 4.90 Å². The van der Waals surface area contributed by atoms with Crippen molar-refractivity contribution < 1.29 is 4.79 Å². The second kappa shape index (κ2) is 5.09. The number of hydrogen-bond acceptors (Lipinski definition) is 4. The molecule has 0 saturated heterocycles. The summed E-state index contributed by atoms with van der Waals surface area (Å²) in [5.74, 6) is 0.573. The lowest BCUT2D eigenvalue weighted by molar-refractivity contribution is 0.0816. The number of carbonyl (C=O) groups is 1. The molecule has 19 heavy (non-hydrogen) atoms. The highest BCUT2D eigenvalue weighted by molar-refractivity contribution is 5.90. The summed E-state index contributed by atoms with van der Waals surface area (Å²) in [5, 5.41) is 6.80. The van der Waals surface area contributed by atoms with E-state index < -0.39 is 0 Å². The van der Waals surface area contributed by atoms with Crippen LogP contribution in [0.5, 0.6) is 0 Å². The molecule has 0 aliphatic carbocycles. The highest BCUT2D eigenvalue weighted by Crippen LogP contribution is 2.26. The molecule has 0 saturated carbocycles. The number of aromatic nitrogens is 3. The zero-order chi connectivity index (χ0) is 14.0. The van der Waals surface area contributed by atoms with Crippen molar-refractivity contribution in [3.63, 3.8) is 0 Å². The van der Waals surface area contributed by atoms with Crippen LogP contribution in [0, 0.1) is 0 Å². The summed E-state index contributed by atoms with van der Waals surface area (Å²) in [6.45, 7) is 0. The molecule has 0 unspecified atom stereocenters. The lowest BCUT2D eigenvalue weighted by Crippen LogP contribution is -2.22. The topological polar surface area (TPSA) is 65.1 Å². The number of para-hydroxylation sites is 1. The van der Waals surface area contributed by atoms with Gasteiger partial charge in [0.1, 0.15) is 0 Å². The van der Waals surface area contributed by atoms with Crippen LogP contribution in [0.15, 0.2) is 24.3 Å². The van der Waals surface area contributed by atoms with Crippen molar-refractivity contribution in [3.05, 3.63) is 30.1 Å². The Labute approximate surface area is 112 Å². The molecule has 100 valence electrons. The molecule has 6 nitrogen and oxygen atoms in total. The van der Waals surface area contributed by atoms with Gasteiger partial charge in [-0.2, -0.15) is 5.10 Å². The molecular weight excluding hydrogens is 242 g/mol. The van der Waals surface area contributed by atoms with Crippen molar-refractivity contribution in [3.8, 4) is 11.4 Å². The van der Waals surface area contributed by atoms with E-state index in [9.17, 15) is 4.79 Å². The van der Waals surface area contributed by atoms with Crippen LogP contribution in [0.3, 0.4) is 0 Å². The predicted octanol–water partition coefficient (Wildman–Crippen LogP) is 1.24. The summed E-state index contributed by atoms with van der Waals surface area (Å²) >= 11 is 0. The molecule has 1 aromatic carbocycles. The molecular formula is C13H17N5O. The molecule has 6 heteroatoms. The lowest BCUT2D eigenvalue weighted by Gasteiger charge is -2.15. The molecule has 0 aliphatic rings. The number of nitrogens with zero attached hydrogens (tertiary/aromatic N) is 4. The van der Waals surface area contributed by atoms with Gasteiger partial charge in [0.2, 0.25) is 5.82 Å². The maximum atomic E-state index is 11.8. The van der Waals surface area contributed by atoms with Crippen molar-refractivity contribution in [1.82, 2.24) is 20.1 Å². The van der Waals surface area contributed by atoms with Crippen molar-refractivity contribution >= 4 is 11.6 Å². The third-order valence-corrected chi connectivity index (χ3v) is 2.72. The fourth-order valence-corrected chi connectivity index (χ4v) is 1.74. The van der Waals surface area contributed by atoms with Gasteiger partial charge in [0.15, 0.2) is 5.82 Å². The molecule has 1 heterocycles. The van der Waals surface area contributed by atoms with E-state index >= 15 is 0 Å². The van der Waals surface area contributed by atoms with E-state index in [-0.39, 0.29) is 11.7 Å². The Hall–Kier alpha value is -2.37. The van der Waals surface area contributed by atoms with Crippen LogP contribution in [0.2, 0.25) is 0 Å². The summed E-state index contributed by atoms with van der Waals surface area (Å²) in [6.07, 6.45) is 0. The molecule has 1 amide bonds. The molecule has 0 bridgehead atoms. The fourth-order valence-electron chi connectivity index (χ4n) is 1.74. The van der Waals surface area contributed by atoms with Gasteiger partial charge in [0.05, 0.1) is 0 Å². The standard InChI is InChI=1S/C13H17N5O/c1-17(2)10-8-6-5-7-9(10)11-14-12(16-15-11)13(19)18(3)4/h5-8H,1-4H3,(H,14,15,16). The average Bonchev–Trinajstić information content (AvgIpc) is 2.87.